The minimum absolute atomic E-state index is 0.0505. The molecule has 0 bridgehead atoms. The molecule has 1 aromatic heterocycles. The summed E-state index contributed by atoms with van der Waals surface area (Å²) >= 11 is 13.6. The van der Waals surface area contributed by atoms with Crippen molar-refractivity contribution in [2.45, 2.75) is 19.6 Å². The first kappa shape index (κ1) is 14.7. The fraction of sp³-hybridized carbons (Fsp3) is 0.286. The Hall–Kier alpha value is -0.740. The van der Waals surface area contributed by atoms with Gasteiger partial charge in [0.2, 0.25) is 0 Å². The summed E-state index contributed by atoms with van der Waals surface area (Å²) in [7, 11) is 0. The monoisotopic (exact) mass is 315 g/mol. The molecule has 1 atom stereocenters. The van der Waals surface area contributed by atoms with Gasteiger partial charge in [-0.25, -0.2) is 0 Å². The van der Waals surface area contributed by atoms with Crippen LogP contribution in [-0.2, 0) is 6.54 Å². The largest absolute Gasteiger partial charge is 0.489 e. The number of benzene rings is 1. The number of nitrogens with one attached hydrogen (secondary N) is 1. The molecule has 0 aliphatic rings. The van der Waals surface area contributed by atoms with Crippen LogP contribution in [0.25, 0.3) is 0 Å². The van der Waals surface area contributed by atoms with Crippen molar-refractivity contribution in [2.75, 3.05) is 6.54 Å². The van der Waals surface area contributed by atoms with Crippen molar-refractivity contribution in [3.63, 3.8) is 0 Å². The van der Waals surface area contributed by atoms with Crippen LogP contribution in [0, 0.1) is 0 Å². The minimum atomic E-state index is 0.0505. The molecule has 0 aliphatic heterocycles. The lowest BCUT2D eigenvalue weighted by Gasteiger charge is -2.15. The maximum absolute atomic E-state index is 5.93. The van der Waals surface area contributed by atoms with Crippen molar-refractivity contribution >= 4 is 34.5 Å². The average Bonchev–Trinajstić information content (AvgIpc) is 2.80. The van der Waals surface area contributed by atoms with Crippen LogP contribution >= 0.6 is 34.5 Å². The molecule has 2 aromatic rings. The predicted molar refractivity (Wildman–Crippen MR) is 82.6 cm³/mol. The highest BCUT2D eigenvalue weighted by Crippen LogP contribution is 2.24. The van der Waals surface area contributed by atoms with E-state index in [1.165, 1.54) is 4.88 Å². The third kappa shape index (κ3) is 5.03. The van der Waals surface area contributed by atoms with E-state index in [1.54, 1.807) is 29.5 Å². The van der Waals surface area contributed by atoms with Crippen molar-refractivity contribution in [1.82, 2.24) is 5.32 Å². The number of halogens is 2. The highest BCUT2D eigenvalue weighted by atomic mass is 35.5. The molecule has 102 valence electrons. The van der Waals surface area contributed by atoms with Gasteiger partial charge in [-0.05, 0) is 36.6 Å². The van der Waals surface area contributed by atoms with Gasteiger partial charge in [-0.15, -0.1) is 11.3 Å². The SMILES string of the molecule is CC(CNCc1cccs1)Oc1cc(Cl)cc(Cl)c1. The van der Waals surface area contributed by atoms with Crippen molar-refractivity contribution in [1.29, 1.82) is 0 Å². The second-order valence-electron chi connectivity index (χ2n) is 4.24. The fourth-order valence-electron chi connectivity index (χ4n) is 1.68. The smallest absolute Gasteiger partial charge is 0.122 e. The molecule has 0 spiro atoms. The molecule has 2 rings (SSSR count). The van der Waals surface area contributed by atoms with Gasteiger partial charge in [-0.1, -0.05) is 29.3 Å². The van der Waals surface area contributed by atoms with E-state index in [9.17, 15) is 0 Å². The van der Waals surface area contributed by atoms with E-state index < -0.39 is 0 Å². The van der Waals surface area contributed by atoms with Gasteiger partial charge in [-0.3, -0.25) is 0 Å². The van der Waals surface area contributed by atoms with E-state index in [4.69, 9.17) is 27.9 Å². The molecule has 1 aromatic carbocycles. The molecular weight excluding hydrogens is 301 g/mol. The molecule has 5 heteroatoms. The molecule has 1 heterocycles. The third-order valence-corrected chi connectivity index (χ3v) is 3.80. The van der Waals surface area contributed by atoms with E-state index in [2.05, 4.69) is 22.8 Å². The van der Waals surface area contributed by atoms with E-state index in [1.807, 2.05) is 6.92 Å². The van der Waals surface area contributed by atoms with E-state index in [0.29, 0.717) is 15.8 Å². The normalized spacial score (nSPS) is 12.4. The van der Waals surface area contributed by atoms with Crippen LogP contribution in [0.3, 0.4) is 0 Å². The zero-order valence-electron chi connectivity index (χ0n) is 10.5. The number of hydrogen-bond donors (Lipinski definition) is 1. The van der Waals surface area contributed by atoms with Gasteiger partial charge in [0.15, 0.2) is 0 Å². The molecule has 0 saturated heterocycles. The van der Waals surface area contributed by atoms with Gasteiger partial charge in [0.25, 0.3) is 0 Å². The Morgan fingerprint density at radius 1 is 1.26 bits per heavy atom. The van der Waals surface area contributed by atoms with E-state index in [0.717, 1.165) is 13.1 Å². The number of hydrogen-bond acceptors (Lipinski definition) is 3. The molecule has 0 saturated carbocycles. The predicted octanol–water partition coefficient (Wildman–Crippen LogP) is 4.61. The van der Waals surface area contributed by atoms with Gasteiger partial charge >= 0.3 is 0 Å². The summed E-state index contributed by atoms with van der Waals surface area (Å²) in [6.07, 6.45) is 0.0505. The Labute approximate surface area is 127 Å². The quantitative estimate of drug-likeness (QED) is 0.840. The first-order valence-corrected chi connectivity index (χ1v) is 7.63. The van der Waals surface area contributed by atoms with Crippen LogP contribution in [0.1, 0.15) is 11.8 Å². The highest BCUT2D eigenvalue weighted by molar-refractivity contribution is 7.09. The maximum Gasteiger partial charge on any atom is 0.122 e. The zero-order chi connectivity index (χ0) is 13.7. The second-order valence-corrected chi connectivity index (χ2v) is 6.15. The molecule has 1 unspecified atom stereocenters. The van der Waals surface area contributed by atoms with Crippen LogP contribution in [0.5, 0.6) is 5.75 Å². The van der Waals surface area contributed by atoms with E-state index >= 15 is 0 Å². The van der Waals surface area contributed by atoms with Gasteiger partial charge in [0, 0.05) is 28.0 Å². The van der Waals surface area contributed by atoms with Crippen molar-refractivity contribution < 1.29 is 4.74 Å². The molecule has 0 aliphatic carbocycles. The van der Waals surface area contributed by atoms with Crippen LogP contribution in [0.15, 0.2) is 35.7 Å². The van der Waals surface area contributed by atoms with Crippen LogP contribution in [0.4, 0.5) is 0 Å². The Bertz CT molecular complexity index is 496. The van der Waals surface area contributed by atoms with Crippen molar-refractivity contribution in [2.24, 2.45) is 0 Å². The van der Waals surface area contributed by atoms with Gasteiger partial charge in [0.05, 0.1) is 0 Å². The lowest BCUT2D eigenvalue weighted by atomic mass is 10.3. The standard InChI is InChI=1S/C14H15Cl2NOS/c1-10(8-17-9-14-3-2-4-19-14)18-13-6-11(15)5-12(16)7-13/h2-7,10,17H,8-9H2,1H3. The molecular formula is C14H15Cl2NOS. The maximum atomic E-state index is 5.93. The van der Waals surface area contributed by atoms with Crippen LogP contribution < -0.4 is 10.1 Å². The summed E-state index contributed by atoms with van der Waals surface area (Å²) in [6.45, 7) is 3.64. The molecule has 0 fully saturated rings. The summed E-state index contributed by atoms with van der Waals surface area (Å²) < 4.78 is 5.77. The highest BCUT2D eigenvalue weighted by Gasteiger charge is 2.06. The minimum Gasteiger partial charge on any atom is -0.489 e. The van der Waals surface area contributed by atoms with E-state index in [-0.39, 0.29) is 6.10 Å². The molecule has 1 N–H and O–H groups in total. The fourth-order valence-corrected chi connectivity index (χ4v) is 2.86. The van der Waals surface area contributed by atoms with Crippen LogP contribution in [0.2, 0.25) is 10.0 Å². The lowest BCUT2D eigenvalue weighted by Crippen LogP contribution is -2.28. The molecule has 0 amide bonds. The number of thiophene rings is 1. The van der Waals surface area contributed by atoms with Gasteiger partial charge in [-0.2, -0.15) is 0 Å². The van der Waals surface area contributed by atoms with Crippen molar-refractivity contribution in [3.8, 4) is 5.75 Å². The van der Waals surface area contributed by atoms with Crippen LogP contribution in [-0.4, -0.2) is 12.6 Å². The molecule has 2 nitrogen and oxygen atoms in total. The summed E-state index contributed by atoms with van der Waals surface area (Å²) in [6, 6.07) is 9.39. The Morgan fingerprint density at radius 3 is 2.63 bits per heavy atom. The lowest BCUT2D eigenvalue weighted by molar-refractivity contribution is 0.217. The summed E-state index contributed by atoms with van der Waals surface area (Å²) in [5.41, 5.74) is 0. The van der Waals surface area contributed by atoms with Gasteiger partial charge < -0.3 is 10.1 Å². The number of ether oxygens (including phenoxy) is 1. The summed E-state index contributed by atoms with van der Waals surface area (Å²) in [5.74, 6) is 0.697. The first-order valence-electron chi connectivity index (χ1n) is 5.99. The zero-order valence-corrected chi connectivity index (χ0v) is 12.9. The average molecular weight is 316 g/mol. The Kier molecular flexibility index (Phi) is 5.52. The Balaban J connectivity index is 1.78. The van der Waals surface area contributed by atoms with Gasteiger partial charge in [0.1, 0.15) is 11.9 Å². The first-order chi connectivity index (χ1) is 9.13. The third-order valence-electron chi connectivity index (χ3n) is 2.48. The summed E-state index contributed by atoms with van der Waals surface area (Å²) in [4.78, 5) is 1.32. The molecule has 19 heavy (non-hydrogen) atoms. The molecule has 0 radical (unpaired) electrons. The van der Waals surface area contributed by atoms with Crippen molar-refractivity contribution in [3.05, 3.63) is 50.6 Å². The topological polar surface area (TPSA) is 21.3 Å². The number of rotatable bonds is 6. The second kappa shape index (κ2) is 7.15. The Morgan fingerprint density at radius 2 is 2.00 bits per heavy atom. The summed E-state index contributed by atoms with van der Waals surface area (Å²) in [5, 5.41) is 6.60.